The summed E-state index contributed by atoms with van der Waals surface area (Å²) in [7, 11) is 0. The summed E-state index contributed by atoms with van der Waals surface area (Å²) in [5.41, 5.74) is 3.16. The van der Waals surface area contributed by atoms with E-state index in [0.717, 1.165) is 0 Å². The highest BCUT2D eigenvalue weighted by molar-refractivity contribution is 5.28. The molecule has 0 unspecified atom stereocenters. The van der Waals surface area contributed by atoms with Crippen LogP contribution in [-0.4, -0.2) is 0 Å². The van der Waals surface area contributed by atoms with Gasteiger partial charge in [0.25, 0.3) is 0 Å². The van der Waals surface area contributed by atoms with Crippen LogP contribution < -0.4 is 0 Å². The largest absolute Gasteiger partial charge is 0.0683 e. The maximum absolute atomic E-state index is 2.26. The molecule has 1 aliphatic rings. The van der Waals surface area contributed by atoms with Crippen molar-refractivity contribution in [2.24, 2.45) is 0 Å². The molecule has 0 saturated heterocycles. The fourth-order valence-corrected chi connectivity index (χ4v) is 1.68. The molecule has 0 aliphatic heterocycles. The molecule has 0 saturated carbocycles. The van der Waals surface area contributed by atoms with Crippen LogP contribution in [-0.2, 0) is 12.8 Å². The fourth-order valence-electron chi connectivity index (χ4n) is 1.68. The van der Waals surface area contributed by atoms with Crippen LogP contribution in [0.2, 0.25) is 0 Å². The Morgan fingerprint density at radius 2 is 0.833 bits per heavy atom. The van der Waals surface area contributed by atoms with Crippen LogP contribution in [0.3, 0.4) is 0 Å². The molecule has 0 atom stereocenters. The minimum Gasteiger partial charge on any atom is -0.0683 e. The molecule has 0 fully saturated rings. The normalized spacial score (nSPS) is 10.4. The number of benzene rings is 1. The fraction of sp³-hybridized carbons (Fsp3) is 0.667. The summed E-state index contributed by atoms with van der Waals surface area (Å²) in [6.45, 7) is 16.0. The zero-order valence-corrected chi connectivity index (χ0v) is 14.1. The summed E-state index contributed by atoms with van der Waals surface area (Å²) >= 11 is 0. The summed E-state index contributed by atoms with van der Waals surface area (Å²) in [6, 6.07) is 8.80. The van der Waals surface area contributed by atoms with E-state index in [9.17, 15) is 0 Å². The number of aryl methyl sites for hydroxylation is 2. The van der Waals surface area contributed by atoms with E-state index in [1.165, 1.54) is 25.7 Å². The topological polar surface area (TPSA) is 0 Å². The van der Waals surface area contributed by atoms with Crippen molar-refractivity contribution in [3.05, 3.63) is 35.4 Å². The SMILES string of the molecule is CC.CC.CC.CC.c1ccc2c(c1)CCCC2. The van der Waals surface area contributed by atoms with Gasteiger partial charge < -0.3 is 0 Å². The minimum atomic E-state index is 1.30. The lowest BCUT2D eigenvalue weighted by Gasteiger charge is -2.13. The first-order valence-electron chi connectivity index (χ1n) is 8.03. The highest BCUT2D eigenvalue weighted by Crippen LogP contribution is 2.19. The molecule has 2 rings (SSSR count). The van der Waals surface area contributed by atoms with E-state index >= 15 is 0 Å². The maximum atomic E-state index is 2.26. The Hall–Kier alpha value is -0.780. The van der Waals surface area contributed by atoms with Crippen molar-refractivity contribution >= 4 is 0 Å². The van der Waals surface area contributed by atoms with E-state index in [-0.39, 0.29) is 0 Å². The van der Waals surface area contributed by atoms with E-state index < -0.39 is 0 Å². The predicted molar refractivity (Wildman–Crippen MR) is 88.5 cm³/mol. The first kappa shape index (κ1) is 22.4. The van der Waals surface area contributed by atoms with Crippen LogP contribution in [0.25, 0.3) is 0 Å². The molecule has 0 heteroatoms. The van der Waals surface area contributed by atoms with E-state index in [4.69, 9.17) is 0 Å². The zero-order chi connectivity index (χ0) is 14.8. The predicted octanol–water partition coefficient (Wildman–Crippen LogP) is 6.67. The van der Waals surface area contributed by atoms with Gasteiger partial charge in [-0.05, 0) is 36.8 Å². The molecular weight excluding hydrogens is 216 g/mol. The van der Waals surface area contributed by atoms with Crippen LogP contribution in [0.15, 0.2) is 24.3 Å². The summed E-state index contributed by atoms with van der Waals surface area (Å²) in [6.07, 6.45) is 5.38. The smallest absolute Gasteiger partial charge is 0.0276 e. The first-order chi connectivity index (χ1) is 8.97. The Kier molecular flexibility index (Phi) is 26.8. The first-order valence-corrected chi connectivity index (χ1v) is 8.03. The van der Waals surface area contributed by atoms with Gasteiger partial charge in [-0.25, -0.2) is 0 Å². The molecule has 0 nitrogen and oxygen atoms in total. The molecule has 0 N–H and O–H groups in total. The Balaban J connectivity index is -0.000000244. The van der Waals surface area contributed by atoms with Gasteiger partial charge in [-0.15, -0.1) is 0 Å². The molecule has 18 heavy (non-hydrogen) atoms. The summed E-state index contributed by atoms with van der Waals surface area (Å²) < 4.78 is 0. The minimum absolute atomic E-state index is 1.30. The molecule has 1 aromatic rings. The Morgan fingerprint density at radius 1 is 0.556 bits per heavy atom. The maximum Gasteiger partial charge on any atom is -0.0276 e. The van der Waals surface area contributed by atoms with Gasteiger partial charge in [0.15, 0.2) is 0 Å². The molecular formula is C18H36. The highest BCUT2D eigenvalue weighted by atomic mass is 14.1. The lowest BCUT2D eigenvalue weighted by Crippen LogP contribution is -2.00. The van der Waals surface area contributed by atoms with Crippen LogP contribution in [0.1, 0.15) is 79.4 Å². The van der Waals surface area contributed by atoms with Crippen molar-refractivity contribution in [3.8, 4) is 0 Å². The average Bonchev–Trinajstić information content (AvgIpc) is 2.55. The van der Waals surface area contributed by atoms with Gasteiger partial charge >= 0.3 is 0 Å². The Bertz CT molecular complexity index is 200. The van der Waals surface area contributed by atoms with Gasteiger partial charge in [0.1, 0.15) is 0 Å². The van der Waals surface area contributed by atoms with Gasteiger partial charge in [0, 0.05) is 0 Å². The molecule has 0 radical (unpaired) electrons. The third-order valence-electron chi connectivity index (χ3n) is 2.26. The van der Waals surface area contributed by atoms with E-state index in [1.54, 1.807) is 11.1 Å². The molecule has 0 aromatic heterocycles. The molecule has 108 valence electrons. The molecule has 0 spiro atoms. The van der Waals surface area contributed by atoms with Crippen molar-refractivity contribution in [3.63, 3.8) is 0 Å². The van der Waals surface area contributed by atoms with Crippen LogP contribution in [0.5, 0.6) is 0 Å². The summed E-state index contributed by atoms with van der Waals surface area (Å²) in [5.74, 6) is 0. The van der Waals surface area contributed by atoms with Crippen molar-refractivity contribution in [2.75, 3.05) is 0 Å². The molecule has 0 heterocycles. The Morgan fingerprint density at radius 3 is 1.11 bits per heavy atom. The second-order valence-electron chi connectivity index (χ2n) is 2.98. The van der Waals surface area contributed by atoms with E-state index in [0.29, 0.717) is 0 Å². The summed E-state index contributed by atoms with van der Waals surface area (Å²) in [5, 5.41) is 0. The third kappa shape index (κ3) is 10.4. The quantitative estimate of drug-likeness (QED) is 0.483. The third-order valence-corrected chi connectivity index (χ3v) is 2.26. The van der Waals surface area contributed by atoms with E-state index in [1.807, 2.05) is 55.4 Å². The Labute approximate surface area is 117 Å². The molecule has 1 aromatic carbocycles. The van der Waals surface area contributed by atoms with Crippen molar-refractivity contribution in [1.82, 2.24) is 0 Å². The molecule has 1 aliphatic carbocycles. The van der Waals surface area contributed by atoms with Crippen LogP contribution >= 0.6 is 0 Å². The van der Waals surface area contributed by atoms with Gasteiger partial charge in [-0.3, -0.25) is 0 Å². The average molecular weight is 252 g/mol. The van der Waals surface area contributed by atoms with Crippen molar-refractivity contribution in [1.29, 1.82) is 0 Å². The second kappa shape index (κ2) is 21.5. The van der Waals surface area contributed by atoms with Gasteiger partial charge in [-0.1, -0.05) is 79.7 Å². The lowest BCUT2D eigenvalue weighted by molar-refractivity contribution is 0.685. The number of hydrogen-bond donors (Lipinski definition) is 0. The molecule has 0 amide bonds. The summed E-state index contributed by atoms with van der Waals surface area (Å²) in [4.78, 5) is 0. The standard InChI is InChI=1S/C10H12.4C2H6/c1-2-6-10-8-4-3-7-9(10)5-1;4*1-2/h1-2,5-6H,3-4,7-8H2;4*1-2H3. The van der Waals surface area contributed by atoms with Crippen LogP contribution in [0.4, 0.5) is 0 Å². The lowest BCUT2D eigenvalue weighted by atomic mass is 9.92. The number of rotatable bonds is 0. The zero-order valence-electron chi connectivity index (χ0n) is 14.1. The van der Waals surface area contributed by atoms with Gasteiger partial charge in [-0.2, -0.15) is 0 Å². The number of fused-ring (bicyclic) bond motifs is 1. The van der Waals surface area contributed by atoms with Gasteiger partial charge in [0.2, 0.25) is 0 Å². The number of hydrogen-bond acceptors (Lipinski definition) is 0. The molecule has 0 bridgehead atoms. The monoisotopic (exact) mass is 252 g/mol. The van der Waals surface area contributed by atoms with Gasteiger partial charge in [0.05, 0.1) is 0 Å². The highest BCUT2D eigenvalue weighted by Gasteiger charge is 2.05. The van der Waals surface area contributed by atoms with Crippen molar-refractivity contribution < 1.29 is 0 Å². The van der Waals surface area contributed by atoms with Crippen LogP contribution in [0, 0.1) is 0 Å². The van der Waals surface area contributed by atoms with E-state index in [2.05, 4.69) is 24.3 Å². The second-order valence-corrected chi connectivity index (χ2v) is 2.98. The van der Waals surface area contributed by atoms with Crippen molar-refractivity contribution in [2.45, 2.75) is 81.1 Å².